The Labute approximate surface area is 133 Å². The van der Waals surface area contributed by atoms with E-state index in [9.17, 15) is 9.59 Å². The average Bonchev–Trinajstić information content (AvgIpc) is 3.11. The van der Waals surface area contributed by atoms with Crippen LogP contribution in [0.4, 0.5) is 16.2 Å². The van der Waals surface area contributed by atoms with Crippen LogP contribution in [-0.2, 0) is 4.74 Å². The molecule has 2 heterocycles. The molecule has 1 fully saturated rings. The van der Waals surface area contributed by atoms with Crippen LogP contribution >= 0.6 is 0 Å². The van der Waals surface area contributed by atoms with Gasteiger partial charge in [0.1, 0.15) is 0 Å². The Balaban J connectivity index is 1.67. The van der Waals surface area contributed by atoms with Crippen LogP contribution in [0, 0.1) is 0 Å². The maximum absolute atomic E-state index is 12.0. The number of benzene rings is 1. The van der Waals surface area contributed by atoms with E-state index in [2.05, 4.69) is 15.5 Å². The Morgan fingerprint density at radius 3 is 2.57 bits per heavy atom. The number of nitrogens with zero attached hydrogens (tertiary/aromatic N) is 1. The van der Waals surface area contributed by atoms with Crippen LogP contribution in [0.2, 0.25) is 0 Å². The van der Waals surface area contributed by atoms with Crippen LogP contribution < -0.4 is 15.5 Å². The first-order chi connectivity index (χ1) is 11.2. The van der Waals surface area contributed by atoms with Gasteiger partial charge in [-0.05, 0) is 24.3 Å². The number of para-hydroxylation sites is 2. The third-order valence-electron chi connectivity index (χ3n) is 3.48. The van der Waals surface area contributed by atoms with Crippen LogP contribution in [0.25, 0.3) is 0 Å². The van der Waals surface area contributed by atoms with Crippen molar-refractivity contribution in [2.75, 3.05) is 36.5 Å². The molecule has 0 aliphatic carbocycles. The minimum absolute atomic E-state index is 0.0848. The van der Waals surface area contributed by atoms with Gasteiger partial charge in [0, 0.05) is 13.1 Å². The van der Waals surface area contributed by atoms with Crippen molar-refractivity contribution < 1.29 is 18.7 Å². The van der Waals surface area contributed by atoms with Gasteiger partial charge < -0.3 is 19.4 Å². The van der Waals surface area contributed by atoms with Crippen LogP contribution in [0.5, 0.6) is 0 Å². The van der Waals surface area contributed by atoms with Gasteiger partial charge in [-0.15, -0.1) is 0 Å². The Hall–Kier alpha value is -2.80. The maximum Gasteiger partial charge on any atom is 0.326 e. The summed E-state index contributed by atoms with van der Waals surface area (Å²) in [5.41, 5.74) is 1.54. The molecular weight excluding hydrogens is 298 g/mol. The van der Waals surface area contributed by atoms with E-state index in [1.807, 2.05) is 18.2 Å². The molecule has 2 aromatic rings. The third-order valence-corrected chi connectivity index (χ3v) is 3.48. The van der Waals surface area contributed by atoms with Crippen molar-refractivity contribution >= 4 is 23.3 Å². The lowest BCUT2D eigenvalue weighted by molar-refractivity contribution is 0.0940. The monoisotopic (exact) mass is 315 g/mol. The molecule has 1 aliphatic heterocycles. The number of anilines is 2. The molecule has 0 spiro atoms. The lowest BCUT2D eigenvalue weighted by atomic mass is 10.2. The number of morpholine rings is 1. The standard InChI is InChI=1S/C16H17N3O4/c20-15(14-6-3-9-23-14)18-16(21)17-12-4-1-2-5-13(12)19-7-10-22-11-8-19/h1-6,9H,7-8,10-11H2,(H2,17,18,20,21). The zero-order valence-electron chi connectivity index (χ0n) is 12.5. The number of hydrogen-bond acceptors (Lipinski definition) is 5. The van der Waals surface area contributed by atoms with E-state index in [4.69, 9.17) is 9.15 Å². The minimum atomic E-state index is -0.605. The molecule has 1 aromatic heterocycles. The fraction of sp³-hybridized carbons (Fsp3) is 0.250. The summed E-state index contributed by atoms with van der Waals surface area (Å²) in [6, 6.07) is 9.92. The molecule has 0 atom stereocenters. The molecule has 0 unspecified atom stereocenters. The Kier molecular flexibility index (Phi) is 4.58. The zero-order valence-corrected chi connectivity index (χ0v) is 12.5. The highest BCUT2D eigenvalue weighted by Gasteiger charge is 2.17. The first kappa shape index (κ1) is 15.1. The summed E-state index contributed by atoms with van der Waals surface area (Å²) in [7, 11) is 0. The topological polar surface area (TPSA) is 83.8 Å². The lowest BCUT2D eigenvalue weighted by Gasteiger charge is -2.30. The summed E-state index contributed by atoms with van der Waals surface area (Å²) < 4.78 is 10.3. The van der Waals surface area contributed by atoms with E-state index in [1.165, 1.54) is 12.3 Å². The molecule has 0 radical (unpaired) electrons. The highest BCUT2D eigenvalue weighted by atomic mass is 16.5. The summed E-state index contributed by atoms with van der Waals surface area (Å²) in [6.07, 6.45) is 1.38. The first-order valence-corrected chi connectivity index (χ1v) is 7.31. The van der Waals surface area contributed by atoms with E-state index in [0.29, 0.717) is 18.9 Å². The highest BCUT2D eigenvalue weighted by Crippen LogP contribution is 2.26. The average molecular weight is 315 g/mol. The molecular formula is C16H17N3O4. The van der Waals surface area contributed by atoms with Crippen LogP contribution in [-0.4, -0.2) is 38.2 Å². The summed E-state index contributed by atoms with van der Waals surface area (Å²) in [6.45, 7) is 2.81. The smallest absolute Gasteiger partial charge is 0.326 e. The molecule has 2 N–H and O–H groups in total. The molecule has 1 aliphatic rings. The summed E-state index contributed by atoms with van der Waals surface area (Å²) >= 11 is 0. The maximum atomic E-state index is 12.0. The number of hydrogen-bond donors (Lipinski definition) is 2. The van der Waals surface area contributed by atoms with Gasteiger partial charge in [-0.2, -0.15) is 0 Å². The molecule has 1 aromatic carbocycles. The summed E-state index contributed by atoms with van der Waals surface area (Å²) in [5, 5.41) is 4.94. The molecule has 0 bridgehead atoms. The van der Waals surface area contributed by atoms with E-state index < -0.39 is 11.9 Å². The number of rotatable bonds is 3. The lowest BCUT2D eigenvalue weighted by Crippen LogP contribution is -2.38. The van der Waals surface area contributed by atoms with E-state index >= 15 is 0 Å². The minimum Gasteiger partial charge on any atom is -0.459 e. The first-order valence-electron chi connectivity index (χ1n) is 7.31. The van der Waals surface area contributed by atoms with Gasteiger partial charge in [-0.1, -0.05) is 12.1 Å². The quantitative estimate of drug-likeness (QED) is 0.906. The molecule has 7 heteroatoms. The number of carbonyl (C=O) groups excluding carboxylic acids is 2. The molecule has 23 heavy (non-hydrogen) atoms. The van der Waals surface area contributed by atoms with Gasteiger partial charge in [0.05, 0.1) is 30.9 Å². The number of imide groups is 1. The number of ether oxygens (including phenoxy) is 1. The molecule has 3 rings (SSSR count). The van der Waals surface area contributed by atoms with Gasteiger partial charge in [0.2, 0.25) is 0 Å². The number of amides is 3. The van der Waals surface area contributed by atoms with Crippen molar-refractivity contribution in [3.05, 3.63) is 48.4 Å². The van der Waals surface area contributed by atoms with Crippen LogP contribution in [0.15, 0.2) is 47.1 Å². The van der Waals surface area contributed by atoms with Crippen LogP contribution in [0.3, 0.4) is 0 Å². The summed E-state index contributed by atoms with van der Waals surface area (Å²) in [5.74, 6) is -0.502. The van der Waals surface area contributed by atoms with Gasteiger partial charge in [-0.25, -0.2) is 4.79 Å². The molecule has 120 valence electrons. The summed E-state index contributed by atoms with van der Waals surface area (Å²) in [4.78, 5) is 26.0. The van der Waals surface area contributed by atoms with Crippen molar-refractivity contribution in [3.63, 3.8) is 0 Å². The fourth-order valence-electron chi connectivity index (χ4n) is 2.39. The second-order valence-electron chi connectivity index (χ2n) is 5.00. The number of furan rings is 1. The largest absolute Gasteiger partial charge is 0.459 e. The Morgan fingerprint density at radius 1 is 1.04 bits per heavy atom. The van der Waals surface area contributed by atoms with Gasteiger partial charge in [0.25, 0.3) is 5.91 Å². The number of urea groups is 1. The Morgan fingerprint density at radius 2 is 1.83 bits per heavy atom. The SMILES string of the molecule is O=C(NC(=O)c1ccco1)Nc1ccccc1N1CCOCC1. The van der Waals surface area contributed by atoms with Crippen molar-refractivity contribution in [1.29, 1.82) is 0 Å². The number of nitrogens with one attached hydrogen (secondary N) is 2. The third kappa shape index (κ3) is 3.70. The molecule has 0 saturated carbocycles. The molecule has 7 nitrogen and oxygen atoms in total. The van der Waals surface area contributed by atoms with Crippen molar-refractivity contribution in [2.24, 2.45) is 0 Å². The fourth-order valence-corrected chi connectivity index (χ4v) is 2.39. The van der Waals surface area contributed by atoms with Crippen molar-refractivity contribution in [1.82, 2.24) is 5.32 Å². The second-order valence-corrected chi connectivity index (χ2v) is 5.00. The van der Waals surface area contributed by atoms with Crippen LogP contribution in [0.1, 0.15) is 10.6 Å². The van der Waals surface area contributed by atoms with Gasteiger partial charge in [-0.3, -0.25) is 10.1 Å². The highest BCUT2D eigenvalue weighted by molar-refractivity contribution is 6.07. The second kappa shape index (κ2) is 6.97. The van der Waals surface area contributed by atoms with E-state index in [0.717, 1.165) is 18.8 Å². The van der Waals surface area contributed by atoms with Crippen molar-refractivity contribution in [2.45, 2.75) is 0 Å². The van der Waals surface area contributed by atoms with Crippen molar-refractivity contribution in [3.8, 4) is 0 Å². The van der Waals surface area contributed by atoms with Gasteiger partial charge in [0.15, 0.2) is 5.76 Å². The Bertz CT molecular complexity index is 678. The molecule has 1 saturated heterocycles. The normalized spacial score (nSPS) is 14.3. The molecule has 3 amide bonds. The van der Waals surface area contributed by atoms with E-state index in [1.54, 1.807) is 12.1 Å². The number of carbonyl (C=O) groups is 2. The zero-order chi connectivity index (χ0) is 16.1. The predicted octanol–water partition coefficient (Wildman–Crippen LogP) is 2.08. The van der Waals surface area contributed by atoms with Gasteiger partial charge >= 0.3 is 6.03 Å². The predicted molar refractivity (Wildman–Crippen MR) is 84.7 cm³/mol. The van der Waals surface area contributed by atoms with E-state index in [-0.39, 0.29) is 5.76 Å².